The first-order chi connectivity index (χ1) is 20.3. The lowest BCUT2D eigenvalue weighted by atomic mass is 9.52. The van der Waals surface area contributed by atoms with Crippen molar-refractivity contribution < 1.29 is 28.6 Å². The molecule has 230 valence electrons. The maximum absolute atomic E-state index is 13.7. The minimum absolute atomic E-state index is 0.00912. The van der Waals surface area contributed by atoms with Gasteiger partial charge in [0.15, 0.2) is 0 Å². The van der Waals surface area contributed by atoms with E-state index in [1.807, 2.05) is 32.0 Å². The van der Waals surface area contributed by atoms with Crippen LogP contribution in [0.4, 0.5) is 10.5 Å². The molecule has 1 aromatic carbocycles. The highest BCUT2D eigenvalue weighted by Gasteiger charge is 2.51. The summed E-state index contributed by atoms with van der Waals surface area (Å²) in [5, 5.41) is 5.94. The van der Waals surface area contributed by atoms with Crippen molar-refractivity contribution in [2.75, 3.05) is 31.6 Å². The molecule has 4 bridgehead atoms. The fraction of sp³-hybridized carbons (Fsp3) is 0.727. The number of nitrogens with one attached hydrogen (secondary N) is 2. The summed E-state index contributed by atoms with van der Waals surface area (Å²) in [6.45, 7) is 6.89. The number of alkyl carbamates (subject to hydrolysis) is 1. The maximum atomic E-state index is 13.7. The number of esters is 1. The van der Waals surface area contributed by atoms with Crippen molar-refractivity contribution >= 4 is 23.7 Å². The van der Waals surface area contributed by atoms with E-state index in [1.54, 1.807) is 0 Å². The van der Waals surface area contributed by atoms with E-state index in [0.717, 1.165) is 81.2 Å². The number of nitrogens with zero attached hydrogens (tertiary/aromatic N) is 1. The van der Waals surface area contributed by atoms with Crippen LogP contribution >= 0.6 is 0 Å². The van der Waals surface area contributed by atoms with Crippen LogP contribution in [0.3, 0.4) is 0 Å². The Labute approximate surface area is 249 Å². The SMILES string of the molecule is CC(C)COC(=O)NC1CCN(CCC(OC(=O)C2C3CC4CC(C3)CC2C4)Oc2cccc3c2CCC(=O)N3)CC1. The molecule has 0 aromatic heterocycles. The van der Waals surface area contributed by atoms with Crippen LogP contribution in [0, 0.1) is 35.5 Å². The number of carbonyl (C=O) groups excluding carboxylic acids is 3. The van der Waals surface area contributed by atoms with Crippen molar-refractivity contribution in [3.8, 4) is 5.75 Å². The number of amides is 2. The first-order valence-electron chi connectivity index (χ1n) is 16.2. The van der Waals surface area contributed by atoms with Crippen molar-refractivity contribution in [3.63, 3.8) is 0 Å². The summed E-state index contributed by atoms with van der Waals surface area (Å²) in [7, 11) is 0. The molecule has 1 unspecified atom stereocenters. The third-order valence-corrected chi connectivity index (χ3v) is 10.2. The number of benzene rings is 1. The normalized spacial score (nSPS) is 29.5. The van der Waals surface area contributed by atoms with Crippen LogP contribution in [0.25, 0.3) is 0 Å². The summed E-state index contributed by atoms with van der Waals surface area (Å²) in [6.07, 6.45) is 8.25. The molecule has 2 heterocycles. The fourth-order valence-corrected chi connectivity index (χ4v) is 8.34. The van der Waals surface area contributed by atoms with E-state index < -0.39 is 6.29 Å². The van der Waals surface area contributed by atoms with E-state index in [2.05, 4.69) is 15.5 Å². The Balaban J connectivity index is 1.08. The van der Waals surface area contributed by atoms with Crippen molar-refractivity contribution in [2.24, 2.45) is 35.5 Å². The molecule has 6 aliphatic rings. The van der Waals surface area contributed by atoms with Gasteiger partial charge in [-0.3, -0.25) is 9.59 Å². The Morgan fingerprint density at radius 3 is 2.43 bits per heavy atom. The summed E-state index contributed by atoms with van der Waals surface area (Å²) < 4.78 is 18.0. The van der Waals surface area contributed by atoms with Gasteiger partial charge in [-0.1, -0.05) is 19.9 Å². The van der Waals surface area contributed by atoms with Crippen LogP contribution in [-0.2, 0) is 25.5 Å². The van der Waals surface area contributed by atoms with E-state index in [-0.39, 0.29) is 29.9 Å². The Morgan fingerprint density at radius 2 is 1.74 bits per heavy atom. The molecule has 0 radical (unpaired) electrons. The summed E-state index contributed by atoms with van der Waals surface area (Å²) >= 11 is 0. The Morgan fingerprint density at radius 1 is 1.02 bits per heavy atom. The molecule has 2 N–H and O–H groups in total. The molecule has 5 fully saturated rings. The molecule has 1 saturated heterocycles. The first-order valence-corrected chi connectivity index (χ1v) is 16.2. The van der Waals surface area contributed by atoms with Crippen LogP contribution in [-0.4, -0.2) is 61.4 Å². The molecule has 7 rings (SSSR count). The Kier molecular flexibility index (Phi) is 8.93. The lowest BCUT2D eigenvalue weighted by Crippen LogP contribution is -2.49. The highest BCUT2D eigenvalue weighted by molar-refractivity contribution is 5.94. The predicted octanol–water partition coefficient (Wildman–Crippen LogP) is 5.13. The third-order valence-electron chi connectivity index (χ3n) is 10.2. The molecule has 9 nitrogen and oxygen atoms in total. The average Bonchev–Trinajstić information content (AvgIpc) is 2.95. The second-order valence-corrected chi connectivity index (χ2v) is 13.8. The molecular formula is C33H47N3O6. The van der Waals surface area contributed by atoms with E-state index in [9.17, 15) is 14.4 Å². The second-order valence-electron chi connectivity index (χ2n) is 13.8. The topological polar surface area (TPSA) is 106 Å². The Bertz CT molecular complexity index is 1120. The van der Waals surface area contributed by atoms with Crippen LogP contribution in [0.15, 0.2) is 18.2 Å². The van der Waals surface area contributed by atoms with E-state index in [4.69, 9.17) is 14.2 Å². The van der Waals surface area contributed by atoms with E-state index in [0.29, 0.717) is 49.4 Å². The zero-order valence-corrected chi connectivity index (χ0v) is 25.1. The van der Waals surface area contributed by atoms with Gasteiger partial charge in [-0.25, -0.2) is 4.79 Å². The zero-order valence-electron chi connectivity index (χ0n) is 25.1. The highest BCUT2D eigenvalue weighted by Crippen LogP contribution is 2.56. The molecule has 4 aliphatic carbocycles. The van der Waals surface area contributed by atoms with E-state index in [1.165, 1.54) is 6.42 Å². The lowest BCUT2D eigenvalue weighted by Gasteiger charge is -2.53. The lowest BCUT2D eigenvalue weighted by molar-refractivity contribution is -0.182. The highest BCUT2D eigenvalue weighted by atomic mass is 16.7. The van der Waals surface area contributed by atoms with Gasteiger partial charge in [-0.05, 0) is 93.1 Å². The number of ether oxygens (including phenoxy) is 3. The maximum Gasteiger partial charge on any atom is 0.407 e. The van der Waals surface area contributed by atoms with Gasteiger partial charge in [-0.2, -0.15) is 0 Å². The van der Waals surface area contributed by atoms with Crippen LogP contribution in [0.5, 0.6) is 5.75 Å². The number of hydrogen-bond donors (Lipinski definition) is 2. The second kappa shape index (κ2) is 12.8. The monoisotopic (exact) mass is 581 g/mol. The number of likely N-dealkylation sites (tertiary alicyclic amines) is 1. The summed E-state index contributed by atoms with van der Waals surface area (Å²) in [5.74, 6) is 3.40. The van der Waals surface area contributed by atoms with Gasteiger partial charge in [0, 0.05) is 49.8 Å². The molecule has 9 heteroatoms. The smallest absolute Gasteiger partial charge is 0.407 e. The van der Waals surface area contributed by atoms with Gasteiger partial charge in [0.2, 0.25) is 12.2 Å². The average molecular weight is 582 g/mol. The van der Waals surface area contributed by atoms with Crippen molar-refractivity contribution in [1.82, 2.24) is 10.2 Å². The fourth-order valence-electron chi connectivity index (χ4n) is 8.34. The quantitative estimate of drug-likeness (QED) is 0.292. The number of piperidine rings is 1. The molecule has 0 spiro atoms. The standard InChI is InChI=1S/C33H47N3O6/c1-20(2)19-40-33(39)34-25-8-11-36(12-9-25)13-10-30(41-28-5-3-4-27-26(28)6-7-29(37)35-27)42-32(38)31-23-15-21-14-22(17-23)18-24(31)16-21/h3-5,20-25,30-31H,6-19H2,1-2H3,(H,34,39)(H,35,37). The van der Waals surface area contributed by atoms with Gasteiger partial charge in [0.25, 0.3) is 0 Å². The van der Waals surface area contributed by atoms with Gasteiger partial charge in [0.05, 0.1) is 12.5 Å². The molecule has 4 saturated carbocycles. The van der Waals surface area contributed by atoms with Gasteiger partial charge in [-0.15, -0.1) is 0 Å². The first kappa shape index (κ1) is 29.3. The molecule has 2 aliphatic heterocycles. The number of rotatable bonds is 10. The van der Waals surface area contributed by atoms with Gasteiger partial charge in [0.1, 0.15) is 5.75 Å². The summed E-state index contributed by atoms with van der Waals surface area (Å²) in [5.41, 5.74) is 1.74. The van der Waals surface area contributed by atoms with Gasteiger partial charge < -0.3 is 29.7 Å². The Hall–Kier alpha value is -2.81. The third kappa shape index (κ3) is 6.87. The molecule has 2 amide bonds. The minimum atomic E-state index is -0.694. The van der Waals surface area contributed by atoms with Crippen molar-refractivity contribution in [2.45, 2.75) is 90.4 Å². The van der Waals surface area contributed by atoms with Crippen LogP contribution < -0.4 is 15.4 Å². The molecular weight excluding hydrogens is 534 g/mol. The zero-order chi connectivity index (χ0) is 29.2. The number of hydrogen-bond acceptors (Lipinski definition) is 7. The molecule has 1 atom stereocenters. The number of fused-ring (bicyclic) bond motifs is 1. The minimum Gasteiger partial charge on any atom is -0.454 e. The summed E-state index contributed by atoms with van der Waals surface area (Å²) in [6, 6.07) is 5.79. The van der Waals surface area contributed by atoms with E-state index >= 15 is 0 Å². The number of anilines is 1. The largest absolute Gasteiger partial charge is 0.454 e. The van der Waals surface area contributed by atoms with Crippen molar-refractivity contribution in [3.05, 3.63) is 23.8 Å². The molecule has 42 heavy (non-hydrogen) atoms. The van der Waals surface area contributed by atoms with Crippen LogP contribution in [0.1, 0.15) is 77.2 Å². The number of carbonyl (C=O) groups is 3. The molecule has 1 aromatic rings. The van der Waals surface area contributed by atoms with Gasteiger partial charge >= 0.3 is 12.1 Å². The summed E-state index contributed by atoms with van der Waals surface area (Å²) in [4.78, 5) is 40.1. The van der Waals surface area contributed by atoms with Crippen LogP contribution in [0.2, 0.25) is 0 Å². The predicted molar refractivity (Wildman–Crippen MR) is 158 cm³/mol. The van der Waals surface area contributed by atoms with Crippen molar-refractivity contribution in [1.29, 1.82) is 0 Å².